The smallest absolute Gasteiger partial charge is 0.332 e. The van der Waals surface area contributed by atoms with E-state index in [2.05, 4.69) is 4.98 Å². The Morgan fingerprint density at radius 2 is 1.88 bits per heavy atom. The van der Waals surface area contributed by atoms with Crippen molar-refractivity contribution in [2.24, 2.45) is 7.05 Å². The zero-order valence-corrected chi connectivity index (χ0v) is 17.9. The van der Waals surface area contributed by atoms with Crippen LogP contribution in [0.15, 0.2) is 58.1 Å². The van der Waals surface area contributed by atoms with Gasteiger partial charge in [0.2, 0.25) is 0 Å². The van der Waals surface area contributed by atoms with E-state index in [0.29, 0.717) is 16.3 Å². The van der Waals surface area contributed by atoms with Crippen molar-refractivity contribution in [3.05, 3.63) is 85.8 Å². The third kappa shape index (κ3) is 4.17. The molecule has 2 aromatic heterocycles. The van der Waals surface area contributed by atoms with Crippen LogP contribution in [0.5, 0.6) is 11.8 Å². The van der Waals surface area contributed by atoms with Gasteiger partial charge in [0.05, 0.1) is 6.54 Å². The monoisotopic (exact) mass is 458 g/mol. The summed E-state index contributed by atoms with van der Waals surface area (Å²) in [6, 6.07) is 12.6. The van der Waals surface area contributed by atoms with E-state index in [4.69, 9.17) is 21.4 Å². The first-order valence-corrected chi connectivity index (χ1v) is 10.3. The normalized spacial score (nSPS) is 11.2. The van der Waals surface area contributed by atoms with Crippen molar-refractivity contribution in [3.8, 4) is 11.8 Å². The van der Waals surface area contributed by atoms with Crippen LogP contribution < -0.4 is 16.0 Å². The van der Waals surface area contributed by atoms with Gasteiger partial charge in [-0.1, -0.05) is 29.8 Å². The van der Waals surface area contributed by atoms with E-state index in [0.717, 1.165) is 4.57 Å². The summed E-state index contributed by atoms with van der Waals surface area (Å²) in [4.78, 5) is 30.4. The van der Waals surface area contributed by atoms with Crippen molar-refractivity contribution in [2.45, 2.75) is 19.5 Å². The highest BCUT2D eigenvalue weighted by Gasteiger charge is 2.22. The molecule has 2 heterocycles. The lowest BCUT2D eigenvalue weighted by Crippen LogP contribution is -2.39. The second kappa shape index (κ2) is 8.97. The van der Waals surface area contributed by atoms with Crippen LogP contribution in [0.1, 0.15) is 12.0 Å². The predicted molar refractivity (Wildman–Crippen MR) is 118 cm³/mol. The Hall–Kier alpha value is -3.43. The standard InChI is InChI=1S/C22H20ClFN4O4/c1-26-19-18(20(30)27(22(26)31)10-3-11-29)28(13-14-6-8-16(24)9-7-14)21(25-19)32-17-5-2-4-15(23)12-17/h2,4-9,12,29H,3,10-11,13H2,1H3. The Labute approximate surface area is 186 Å². The van der Waals surface area contributed by atoms with Crippen LogP contribution in [-0.4, -0.2) is 30.4 Å². The second-order valence-electron chi connectivity index (χ2n) is 7.21. The van der Waals surface area contributed by atoms with Gasteiger partial charge in [-0.05, 0) is 42.3 Å². The SMILES string of the molecule is Cn1c(=O)n(CCCO)c(=O)c2c1nc(Oc1cccc(Cl)c1)n2Cc1ccc(F)cc1. The highest BCUT2D eigenvalue weighted by Crippen LogP contribution is 2.27. The molecule has 4 rings (SSSR count). The quantitative estimate of drug-likeness (QED) is 0.460. The first kappa shape index (κ1) is 21.8. The van der Waals surface area contributed by atoms with Crippen LogP contribution in [-0.2, 0) is 20.1 Å². The molecule has 0 fully saturated rings. The van der Waals surface area contributed by atoms with Crippen molar-refractivity contribution < 1.29 is 14.2 Å². The number of nitrogens with zero attached hydrogens (tertiary/aromatic N) is 4. The first-order chi connectivity index (χ1) is 15.4. The molecular formula is C22H20ClFN4O4. The summed E-state index contributed by atoms with van der Waals surface area (Å²) in [7, 11) is 1.51. The molecule has 0 radical (unpaired) electrons. The van der Waals surface area contributed by atoms with Crippen molar-refractivity contribution in [2.75, 3.05) is 6.61 Å². The van der Waals surface area contributed by atoms with Gasteiger partial charge >= 0.3 is 11.7 Å². The van der Waals surface area contributed by atoms with E-state index in [9.17, 15) is 14.0 Å². The van der Waals surface area contributed by atoms with Gasteiger partial charge in [0.1, 0.15) is 11.6 Å². The van der Waals surface area contributed by atoms with Gasteiger partial charge in [-0.2, -0.15) is 4.98 Å². The molecular weight excluding hydrogens is 439 g/mol. The number of halogens is 2. The number of aliphatic hydroxyl groups is 1. The molecule has 4 aromatic rings. The fourth-order valence-electron chi connectivity index (χ4n) is 3.41. The Morgan fingerprint density at radius 1 is 1.12 bits per heavy atom. The molecule has 0 bridgehead atoms. The molecule has 2 aromatic carbocycles. The summed E-state index contributed by atoms with van der Waals surface area (Å²) in [6.07, 6.45) is 0.249. The van der Waals surface area contributed by atoms with E-state index in [1.165, 1.54) is 23.7 Å². The minimum atomic E-state index is -0.549. The molecule has 166 valence electrons. The zero-order chi connectivity index (χ0) is 22.8. The topological polar surface area (TPSA) is 91.3 Å². The molecule has 0 atom stereocenters. The molecule has 0 spiro atoms. The van der Waals surface area contributed by atoms with Gasteiger partial charge in [0.15, 0.2) is 11.2 Å². The third-order valence-corrected chi connectivity index (χ3v) is 5.23. The van der Waals surface area contributed by atoms with Crippen LogP contribution in [0, 0.1) is 5.82 Å². The van der Waals surface area contributed by atoms with Gasteiger partial charge < -0.3 is 9.84 Å². The molecule has 0 unspecified atom stereocenters. The van der Waals surface area contributed by atoms with Crippen LogP contribution in [0.25, 0.3) is 11.2 Å². The molecule has 8 nitrogen and oxygen atoms in total. The lowest BCUT2D eigenvalue weighted by atomic mass is 10.2. The lowest BCUT2D eigenvalue weighted by molar-refractivity contribution is 0.277. The second-order valence-corrected chi connectivity index (χ2v) is 7.65. The third-order valence-electron chi connectivity index (χ3n) is 5.00. The van der Waals surface area contributed by atoms with Gasteiger partial charge in [0, 0.05) is 25.2 Å². The van der Waals surface area contributed by atoms with E-state index in [1.54, 1.807) is 41.0 Å². The van der Waals surface area contributed by atoms with Crippen molar-refractivity contribution in [3.63, 3.8) is 0 Å². The minimum absolute atomic E-state index is 0.0597. The summed E-state index contributed by atoms with van der Waals surface area (Å²) in [5.74, 6) is 0.0205. The van der Waals surface area contributed by atoms with Crippen molar-refractivity contribution >= 4 is 22.8 Å². The van der Waals surface area contributed by atoms with Crippen molar-refractivity contribution in [1.29, 1.82) is 0 Å². The van der Waals surface area contributed by atoms with Crippen LogP contribution >= 0.6 is 11.6 Å². The number of aryl methyl sites for hydroxylation is 1. The summed E-state index contributed by atoms with van der Waals surface area (Å²) in [5, 5.41) is 9.61. The number of aliphatic hydroxyl groups excluding tert-OH is 1. The van der Waals surface area contributed by atoms with Crippen LogP contribution in [0.3, 0.4) is 0 Å². The fourth-order valence-corrected chi connectivity index (χ4v) is 3.59. The number of rotatable bonds is 7. The van der Waals surface area contributed by atoms with E-state index in [1.807, 2.05) is 0 Å². The molecule has 0 aliphatic heterocycles. The number of aromatic nitrogens is 4. The summed E-state index contributed by atoms with van der Waals surface area (Å²) >= 11 is 6.05. The highest BCUT2D eigenvalue weighted by atomic mass is 35.5. The maximum absolute atomic E-state index is 13.4. The molecule has 0 aliphatic carbocycles. The molecule has 0 aliphatic rings. The number of benzene rings is 2. The summed E-state index contributed by atoms with van der Waals surface area (Å²) in [5.41, 5.74) is -0.0774. The number of fused-ring (bicyclic) bond motifs is 1. The first-order valence-electron chi connectivity index (χ1n) is 9.88. The van der Waals surface area contributed by atoms with Gasteiger partial charge in [0.25, 0.3) is 5.56 Å². The highest BCUT2D eigenvalue weighted by molar-refractivity contribution is 6.30. The number of ether oxygens (including phenoxy) is 1. The van der Waals surface area contributed by atoms with Gasteiger partial charge in [-0.3, -0.25) is 18.5 Å². The number of imidazole rings is 1. The van der Waals surface area contributed by atoms with E-state index in [-0.39, 0.29) is 49.1 Å². The molecule has 0 saturated carbocycles. The van der Waals surface area contributed by atoms with E-state index < -0.39 is 11.2 Å². The Bertz CT molecular complexity index is 1390. The minimum Gasteiger partial charge on any atom is -0.425 e. The molecule has 32 heavy (non-hydrogen) atoms. The summed E-state index contributed by atoms with van der Waals surface area (Å²) in [6.45, 7) is 0.0515. The summed E-state index contributed by atoms with van der Waals surface area (Å²) < 4.78 is 23.2. The zero-order valence-electron chi connectivity index (χ0n) is 17.2. The number of hydrogen-bond acceptors (Lipinski definition) is 5. The van der Waals surface area contributed by atoms with Crippen LogP contribution in [0.4, 0.5) is 4.39 Å². The molecule has 0 saturated heterocycles. The van der Waals surface area contributed by atoms with Gasteiger partial charge in [-0.25, -0.2) is 9.18 Å². The average Bonchev–Trinajstić information content (AvgIpc) is 3.12. The molecule has 0 amide bonds. The maximum Gasteiger partial charge on any atom is 0.332 e. The van der Waals surface area contributed by atoms with E-state index >= 15 is 0 Å². The van der Waals surface area contributed by atoms with Crippen molar-refractivity contribution in [1.82, 2.24) is 18.7 Å². The maximum atomic E-state index is 13.4. The van der Waals surface area contributed by atoms with Crippen LogP contribution in [0.2, 0.25) is 5.02 Å². The Balaban J connectivity index is 1.93. The Kier molecular flexibility index (Phi) is 6.11. The fraction of sp³-hybridized carbons (Fsp3) is 0.227. The molecule has 10 heteroatoms. The number of hydrogen-bond donors (Lipinski definition) is 1. The molecule has 1 N–H and O–H groups in total. The lowest BCUT2D eigenvalue weighted by Gasteiger charge is -2.11. The Morgan fingerprint density at radius 3 is 2.56 bits per heavy atom. The average molecular weight is 459 g/mol. The largest absolute Gasteiger partial charge is 0.425 e. The van der Waals surface area contributed by atoms with Gasteiger partial charge in [-0.15, -0.1) is 0 Å². The predicted octanol–water partition coefficient (Wildman–Crippen LogP) is 2.91.